The molecule has 1 N–H and O–H groups in total. The van der Waals surface area contributed by atoms with Gasteiger partial charge in [-0.2, -0.15) is 12.6 Å². The molecule has 2 nitrogen and oxygen atoms in total. The van der Waals surface area contributed by atoms with E-state index in [0.717, 1.165) is 5.56 Å². The van der Waals surface area contributed by atoms with E-state index in [1.807, 2.05) is 12.1 Å². The van der Waals surface area contributed by atoms with Gasteiger partial charge in [0.2, 0.25) is 0 Å². The van der Waals surface area contributed by atoms with E-state index in [4.69, 9.17) is 0 Å². The average Bonchev–Trinajstić information content (AvgIpc) is 2.17. The summed E-state index contributed by atoms with van der Waals surface area (Å²) in [5.41, 5.74) is 1.80. The topological polar surface area (TPSA) is 29.1 Å². The first kappa shape index (κ1) is 9.13. The SMILES string of the molecule is CNC(=O)c1ccc(CS)cc1. The monoisotopic (exact) mass is 181 g/mol. The van der Waals surface area contributed by atoms with Crippen molar-refractivity contribution in [1.29, 1.82) is 0 Å². The van der Waals surface area contributed by atoms with Gasteiger partial charge in [-0.05, 0) is 17.7 Å². The Morgan fingerprint density at radius 2 is 2.00 bits per heavy atom. The maximum absolute atomic E-state index is 11.1. The number of carbonyl (C=O) groups is 1. The molecule has 0 unspecified atom stereocenters. The minimum absolute atomic E-state index is 0.0549. The number of amides is 1. The standard InChI is InChI=1S/C9H11NOS/c1-10-9(11)8-4-2-7(6-12)3-5-8/h2-5,12H,6H2,1H3,(H,10,11). The molecule has 1 aromatic rings. The summed E-state index contributed by atoms with van der Waals surface area (Å²) in [5.74, 6) is 0.648. The number of nitrogens with one attached hydrogen (secondary N) is 1. The molecule has 0 aromatic heterocycles. The fourth-order valence-electron chi connectivity index (χ4n) is 0.906. The van der Waals surface area contributed by atoms with E-state index in [-0.39, 0.29) is 5.91 Å². The number of hydrogen-bond acceptors (Lipinski definition) is 2. The van der Waals surface area contributed by atoms with Crippen molar-refractivity contribution in [2.24, 2.45) is 0 Å². The van der Waals surface area contributed by atoms with Crippen LogP contribution >= 0.6 is 12.6 Å². The number of benzene rings is 1. The van der Waals surface area contributed by atoms with Gasteiger partial charge in [0.25, 0.3) is 5.91 Å². The largest absolute Gasteiger partial charge is 0.355 e. The molecule has 0 radical (unpaired) electrons. The second kappa shape index (κ2) is 4.16. The lowest BCUT2D eigenvalue weighted by atomic mass is 10.1. The Balaban J connectivity index is 2.84. The Morgan fingerprint density at radius 3 is 2.42 bits per heavy atom. The van der Waals surface area contributed by atoms with Gasteiger partial charge in [0.05, 0.1) is 0 Å². The highest BCUT2D eigenvalue weighted by atomic mass is 32.1. The number of carbonyl (C=O) groups excluding carboxylic acids is 1. The first-order valence-electron chi connectivity index (χ1n) is 3.70. The maximum Gasteiger partial charge on any atom is 0.251 e. The summed E-state index contributed by atoms with van der Waals surface area (Å²) >= 11 is 4.12. The third-order valence-corrected chi connectivity index (χ3v) is 1.99. The lowest BCUT2D eigenvalue weighted by molar-refractivity contribution is 0.0963. The van der Waals surface area contributed by atoms with E-state index >= 15 is 0 Å². The Kier molecular flexibility index (Phi) is 3.17. The smallest absolute Gasteiger partial charge is 0.251 e. The molecule has 3 heteroatoms. The van der Waals surface area contributed by atoms with Gasteiger partial charge < -0.3 is 5.32 Å². The molecule has 0 bridgehead atoms. The second-order valence-electron chi connectivity index (χ2n) is 2.43. The first-order valence-corrected chi connectivity index (χ1v) is 4.33. The molecule has 0 aliphatic carbocycles. The molecular weight excluding hydrogens is 170 g/mol. The van der Waals surface area contributed by atoms with Crippen molar-refractivity contribution in [3.63, 3.8) is 0 Å². The first-order chi connectivity index (χ1) is 5.77. The predicted molar refractivity (Wildman–Crippen MR) is 52.5 cm³/mol. The average molecular weight is 181 g/mol. The predicted octanol–water partition coefficient (Wildman–Crippen LogP) is 1.48. The summed E-state index contributed by atoms with van der Waals surface area (Å²) < 4.78 is 0. The van der Waals surface area contributed by atoms with Gasteiger partial charge in [-0.1, -0.05) is 12.1 Å². The van der Waals surface area contributed by atoms with Crippen LogP contribution in [-0.2, 0) is 5.75 Å². The van der Waals surface area contributed by atoms with E-state index in [0.29, 0.717) is 11.3 Å². The lowest BCUT2D eigenvalue weighted by Gasteiger charge is -2.00. The van der Waals surface area contributed by atoms with Crippen molar-refractivity contribution in [1.82, 2.24) is 5.32 Å². The molecule has 0 aliphatic heterocycles. The van der Waals surface area contributed by atoms with Crippen LogP contribution in [0.1, 0.15) is 15.9 Å². The highest BCUT2D eigenvalue weighted by Crippen LogP contribution is 2.06. The van der Waals surface area contributed by atoms with E-state index in [1.54, 1.807) is 19.2 Å². The van der Waals surface area contributed by atoms with E-state index in [1.165, 1.54) is 0 Å². The molecule has 1 aromatic carbocycles. The van der Waals surface area contributed by atoms with Crippen LogP contribution < -0.4 is 5.32 Å². The summed E-state index contributed by atoms with van der Waals surface area (Å²) in [7, 11) is 1.62. The summed E-state index contributed by atoms with van der Waals surface area (Å²) in [5, 5.41) is 2.56. The van der Waals surface area contributed by atoms with Crippen molar-refractivity contribution in [3.8, 4) is 0 Å². The van der Waals surface area contributed by atoms with Gasteiger partial charge in [0.15, 0.2) is 0 Å². The van der Waals surface area contributed by atoms with Crippen molar-refractivity contribution in [3.05, 3.63) is 35.4 Å². The van der Waals surface area contributed by atoms with Gasteiger partial charge in [0, 0.05) is 18.4 Å². The highest BCUT2D eigenvalue weighted by Gasteiger charge is 2.00. The molecule has 0 fully saturated rings. The van der Waals surface area contributed by atoms with Crippen LogP contribution in [0.4, 0.5) is 0 Å². The van der Waals surface area contributed by atoms with E-state index in [9.17, 15) is 4.79 Å². The van der Waals surface area contributed by atoms with Crippen LogP contribution in [0.5, 0.6) is 0 Å². The minimum Gasteiger partial charge on any atom is -0.355 e. The van der Waals surface area contributed by atoms with Gasteiger partial charge in [0.1, 0.15) is 0 Å². The quantitative estimate of drug-likeness (QED) is 0.665. The van der Waals surface area contributed by atoms with Crippen LogP contribution in [0.3, 0.4) is 0 Å². The second-order valence-corrected chi connectivity index (χ2v) is 2.75. The molecule has 0 atom stereocenters. The zero-order valence-corrected chi connectivity index (χ0v) is 7.77. The van der Waals surface area contributed by atoms with Crippen molar-refractivity contribution in [2.75, 3.05) is 7.05 Å². The van der Waals surface area contributed by atoms with E-state index < -0.39 is 0 Å². The normalized spacial score (nSPS) is 9.50. The van der Waals surface area contributed by atoms with Crippen LogP contribution in [-0.4, -0.2) is 13.0 Å². The zero-order valence-electron chi connectivity index (χ0n) is 6.87. The van der Waals surface area contributed by atoms with Gasteiger partial charge in [-0.15, -0.1) is 0 Å². The molecule has 1 amide bonds. The summed E-state index contributed by atoms with van der Waals surface area (Å²) in [6.07, 6.45) is 0. The Morgan fingerprint density at radius 1 is 1.42 bits per heavy atom. The third kappa shape index (κ3) is 2.01. The van der Waals surface area contributed by atoms with Gasteiger partial charge in [-0.3, -0.25) is 4.79 Å². The van der Waals surface area contributed by atoms with Gasteiger partial charge >= 0.3 is 0 Å². The van der Waals surface area contributed by atoms with Gasteiger partial charge in [-0.25, -0.2) is 0 Å². The molecule has 0 aliphatic rings. The molecule has 0 spiro atoms. The summed E-state index contributed by atoms with van der Waals surface area (Å²) in [4.78, 5) is 11.1. The molecule has 0 saturated heterocycles. The van der Waals surface area contributed by atoms with Crippen LogP contribution in [0.15, 0.2) is 24.3 Å². The Labute approximate surface area is 77.4 Å². The summed E-state index contributed by atoms with van der Waals surface area (Å²) in [6.45, 7) is 0. The maximum atomic E-state index is 11.1. The number of hydrogen-bond donors (Lipinski definition) is 2. The Bertz CT molecular complexity index is 268. The zero-order chi connectivity index (χ0) is 8.97. The Hall–Kier alpha value is -0.960. The fourth-order valence-corrected chi connectivity index (χ4v) is 1.12. The van der Waals surface area contributed by atoms with Crippen LogP contribution in [0.25, 0.3) is 0 Å². The molecule has 64 valence electrons. The van der Waals surface area contributed by atoms with Crippen molar-refractivity contribution >= 4 is 18.5 Å². The fraction of sp³-hybridized carbons (Fsp3) is 0.222. The molecule has 0 saturated carbocycles. The van der Waals surface area contributed by atoms with Crippen molar-refractivity contribution < 1.29 is 4.79 Å². The minimum atomic E-state index is -0.0549. The molecular formula is C9H11NOS. The van der Waals surface area contributed by atoms with Crippen LogP contribution in [0.2, 0.25) is 0 Å². The van der Waals surface area contributed by atoms with E-state index in [2.05, 4.69) is 17.9 Å². The van der Waals surface area contributed by atoms with Crippen molar-refractivity contribution in [2.45, 2.75) is 5.75 Å². The molecule has 12 heavy (non-hydrogen) atoms. The molecule has 0 heterocycles. The third-order valence-electron chi connectivity index (χ3n) is 1.63. The van der Waals surface area contributed by atoms with Crippen LogP contribution in [0, 0.1) is 0 Å². The lowest BCUT2D eigenvalue weighted by Crippen LogP contribution is -2.17. The number of rotatable bonds is 2. The molecule has 1 rings (SSSR count). The number of thiol groups is 1. The summed E-state index contributed by atoms with van der Waals surface area (Å²) in [6, 6.07) is 7.39. The highest BCUT2D eigenvalue weighted by molar-refractivity contribution is 7.79.